The minimum absolute atomic E-state index is 0.0687. The predicted molar refractivity (Wildman–Crippen MR) is 105 cm³/mol. The smallest absolute Gasteiger partial charge is 0.309 e. The van der Waals surface area contributed by atoms with Crippen LogP contribution in [0, 0.1) is 5.41 Å². The van der Waals surface area contributed by atoms with E-state index in [1.54, 1.807) is 13.8 Å². The minimum Gasteiger partial charge on any atom is -0.481 e. The highest BCUT2D eigenvalue weighted by Crippen LogP contribution is 2.29. The lowest BCUT2D eigenvalue weighted by Crippen LogP contribution is -2.26. The van der Waals surface area contributed by atoms with Crippen molar-refractivity contribution in [3.05, 3.63) is 53.7 Å². The number of carbonyl (C=O) groups is 1. The summed E-state index contributed by atoms with van der Waals surface area (Å²) in [6, 6.07) is 12.3. The lowest BCUT2D eigenvalue weighted by molar-refractivity contribution is -0.146. The number of carboxylic acids is 1. The molecule has 26 heavy (non-hydrogen) atoms. The van der Waals surface area contributed by atoms with E-state index in [2.05, 4.69) is 55.0 Å². The lowest BCUT2D eigenvalue weighted by Gasteiger charge is -2.19. The summed E-state index contributed by atoms with van der Waals surface area (Å²) >= 11 is 0. The van der Waals surface area contributed by atoms with E-state index in [0.29, 0.717) is 6.42 Å². The van der Waals surface area contributed by atoms with Gasteiger partial charge in [-0.1, -0.05) is 26.8 Å². The first-order valence-electron chi connectivity index (χ1n) is 8.88. The Morgan fingerprint density at radius 3 is 2.46 bits per heavy atom. The summed E-state index contributed by atoms with van der Waals surface area (Å²) in [4.78, 5) is 19.3. The summed E-state index contributed by atoms with van der Waals surface area (Å²) in [5, 5.41) is 10.4. The Bertz CT molecular complexity index is 962. The van der Waals surface area contributed by atoms with Crippen LogP contribution in [0.15, 0.2) is 42.6 Å². The van der Waals surface area contributed by atoms with Crippen molar-refractivity contribution in [1.29, 1.82) is 0 Å². The van der Waals surface area contributed by atoms with Crippen molar-refractivity contribution in [2.45, 2.75) is 46.5 Å². The van der Waals surface area contributed by atoms with Crippen LogP contribution in [0.3, 0.4) is 0 Å². The summed E-state index contributed by atoms with van der Waals surface area (Å²) in [5.41, 5.74) is 4.47. The number of aliphatic carboxylic acids is 1. The number of aromatic nitrogens is 2. The van der Waals surface area contributed by atoms with Crippen molar-refractivity contribution in [2.24, 2.45) is 5.41 Å². The van der Waals surface area contributed by atoms with Gasteiger partial charge in [-0.15, -0.1) is 0 Å². The Balaban J connectivity index is 1.97. The number of aromatic amines is 1. The monoisotopic (exact) mass is 350 g/mol. The molecule has 2 N–H and O–H groups in total. The number of nitrogens with one attached hydrogen (secondary N) is 1. The van der Waals surface area contributed by atoms with Gasteiger partial charge in [0.05, 0.1) is 16.8 Å². The molecule has 0 saturated heterocycles. The summed E-state index contributed by atoms with van der Waals surface area (Å²) in [6.07, 6.45) is 2.35. The Morgan fingerprint density at radius 2 is 1.81 bits per heavy atom. The molecule has 2 heterocycles. The summed E-state index contributed by atoms with van der Waals surface area (Å²) < 4.78 is 0. The quantitative estimate of drug-likeness (QED) is 0.681. The number of nitrogens with zero attached hydrogens (tertiary/aromatic N) is 1. The van der Waals surface area contributed by atoms with Crippen molar-refractivity contribution in [3.63, 3.8) is 0 Å². The molecule has 0 saturated carbocycles. The molecule has 1 aromatic carbocycles. The van der Waals surface area contributed by atoms with Crippen LogP contribution in [0.25, 0.3) is 22.3 Å². The number of carboxylic acid groups (broad SMARTS) is 1. The van der Waals surface area contributed by atoms with E-state index >= 15 is 0 Å². The maximum absolute atomic E-state index is 11.4. The molecule has 3 rings (SSSR count). The first-order valence-corrected chi connectivity index (χ1v) is 8.88. The van der Waals surface area contributed by atoms with E-state index in [4.69, 9.17) is 0 Å². The SMILES string of the molecule is CC(C)(Cc1ccc2[nH]c(-c3cc(C(C)(C)C)ccn3)cc2c1)C(=O)O. The average molecular weight is 350 g/mol. The second-order valence-electron chi connectivity index (χ2n) is 8.65. The predicted octanol–water partition coefficient (Wildman–Crippen LogP) is 5.18. The molecule has 3 aromatic rings. The Kier molecular flexibility index (Phi) is 4.39. The lowest BCUT2D eigenvalue weighted by atomic mass is 9.86. The third-order valence-electron chi connectivity index (χ3n) is 4.81. The van der Waals surface area contributed by atoms with Crippen LogP contribution in [0.4, 0.5) is 0 Å². The zero-order valence-corrected chi connectivity index (χ0v) is 16.1. The third kappa shape index (κ3) is 3.64. The van der Waals surface area contributed by atoms with Gasteiger partial charge in [0.1, 0.15) is 0 Å². The zero-order chi connectivity index (χ0) is 19.1. The zero-order valence-electron chi connectivity index (χ0n) is 16.1. The molecule has 0 aliphatic rings. The Hall–Kier alpha value is -2.62. The number of rotatable bonds is 4. The van der Waals surface area contributed by atoms with Gasteiger partial charge in [-0.3, -0.25) is 9.78 Å². The molecule has 0 aliphatic carbocycles. The van der Waals surface area contributed by atoms with Crippen LogP contribution in [0.5, 0.6) is 0 Å². The van der Waals surface area contributed by atoms with Gasteiger partial charge < -0.3 is 10.1 Å². The maximum Gasteiger partial charge on any atom is 0.309 e. The standard InChI is InChI=1S/C22H26N2O2/c1-21(2,3)16-8-9-23-18(12-16)19-11-15-10-14(6-7-17(15)24-19)13-22(4,5)20(25)26/h6-12,24H,13H2,1-5H3,(H,25,26). The summed E-state index contributed by atoms with van der Waals surface area (Å²) in [5.74, 6) is -0.782. The van der Waals surface area contributed by atoms with Crippen LogP contribution in [0.2, 0.25) is 0 Å². The molecular weight excluding hydrogens is 324 g/mol. The highest BCUT2D eigenvalue weighted by Gasteiger charge is 2.27. The van der Waals surface area contributed by atoms with Gasteiger partial charge in [-0.2, -0.15) is 0 Å². The number of hydrogen-bond donors (Lipinski definition) is 2. The van der Waals surface area contributed by atoms with Crippen molar-refractivity contribution in [3.8, 4) is 11.4 Å². The van der Waals surface area contributed by atoms with Gasteiger partial charge in [0.25, 0.3) is 0 Å². The van der Waals surface area contributed by atoms with E-state index in [-0.39, 0.29) is 5.41 Å². The van der Waals surface area contributed by atoms with Crippen molar-refractivity contribution in [2.75, 3.05) is 0 Å². The van der Waals surface area contributed by atoms with Gasteiger partial charge in [0, 0.05) is 17.1 Å². The second-order valence-corrected chi connectivity index (χ2v) is 8.65. The van der Waals surface area contributed by atoms with E-state index in [1.165, 1.54) is 5.56 Å². The van der Waals surface area contributed by atoms with Crippen LogP contribution in [-0.4, -0.2) is 21.0 Å². The van der Waals surface area contributed by atoms with Gasteiger partial charge in [-0.05, 0) is 67.1 Å². The van der Waals surface area contributed by atoms with Crippen LogP contribution < -0.4 is 0 Å². The molecule has 0 aliphatic heterocycles. The molecule has 0 fully saturated rings. The molecule has 0 radical (unpaired) electrons. The number of hydrogen-bond acceptors (Lipinski definition) is 2. The van der Waals surface area contributed by atoms with Crippen LogP contribution >= 0.6 is 0 Å². The number of H-pyrrole nitrogens is 1. The average Bonchev–Trinajstić information content (AvgIpc) is 2.97. The molecule has 0 bridgehead atoms. The van der Waals surface area contributed by atoms with Crippen molar-refractivity contribution < 1.29 is 9.90 Å². The highest BCUT2D eigenvalue weighted by atomic mass is 16.4. The number of fused-ring (bicyclic) bond motifs is 1. The number of benzene rings is 1. The van der Waals surface area contributed by atoms with Gasteiger partial charge >= 0.3 is 5.97 Å². The van der Waals surface area contributed by atoms with Gasteiger partial charge in [-0.25, -0.2) is 0 Å². The first-order chi connectivity index (χ1) is 12.1. The van der Waals surface area contributed by atoms with E-state index < -0.39 is 11.4 Å². The van der Waals surface area contributed by atoms with Crippen molar-refractivity contribution >= 4 is 16.9 Å². The van der Waals surface area contributed by atoms with E-state index in [0.717, 1.165) is 27.9 Å². The molecule has 0 atom stereocenters. The number of pyridine rings is 1. The molecule has 0 unspecified atom stereocenters. The fourth-order valence-electron chi connectivity index (χ4n) is 3.06. The third-order valence-corrected chi connectivity index (χ3v) is 4.81. The maximum atomic E-state index is 11.4. The van der Waals surface area contributed by atoms with Crippen molar-refractivity contribution in [1.82, 2.24) is 9.97 Å². The van der Waals surface area contributed by atoms with Gasteiger partial charge in [0.15, 0.2) is 0 Å². The summed E-state index contributed by atoms with van der Waals surface area (Å²) in [6.45, 7) is 10.1. The Labute approximate surface area is 154 Å². The summed E-state index contributed by atoms with van der Waals surface area (Å²) in [7, 11) is 0. The van der Waals surface area contributed by atoms with Gasteiger partial charge in [0.2, 0.25) is 0 Å². The topological polar surface area (TPSA) is 66.0 Å². The highest BCUT2D eigenvalue weighted by molar-refractivity contribution is 5.86. The fraction of sp³-hybridized carbons (Fsp3) is 0.364. The van der Waals surface area contributed by atoms with E-state index in [9.17, 15) is 9.90 Å². The molecule has 0 amide bonds. The normalized spacial score (nSPS) is 12.5. The minimum atomic E-state index is -0.782. The molecule has 0 spiro atoms. The van der Waals surface area contributed by atoms with Crippen LogP contribution in [-0.2, 0) is 16.6 Å². The first kappa shape index (κ1) is 18.2. The molecule has 2 aromatic heterocycles. The van der Waals surface area contributed by atoms with Crippen LogP contribution in [0.1, 0.15) is 45.7 Å². The Morgan fingerprint density at radius 1 is 1.08 bits per heavy atom. The molecule has 4 nitrogen and oxygen atoms in total. The molecule has 136 valence electrons. The fourth-order valence-corrected chi connectivity index (χ4v) is 3.06. The molecular formula is C22H26N2O2. The molecule has 4 heteroatoms. The second kappa shape index (κ2) is 6.27. The van der Waals surface area contributed by atoms with E-state index in [1.807, 2.05) is 18.3 Å². The largest absolute Gasteiger partial charge is 0.481 e.